The van der Waals surface area contributed by atoms with Crippen LogP contribution in [-0.2, 0) is 11.8 Å². The topological polar surface area (TPSA) is 108 Å². The molecule has 0 radical (unpaired) electrons. The van der Waals surface area contributed by atoms with E-state index in [9.17, 15) is 14.4 Å². The summed E-state index contributed by atoms with van der Waals surface area (Å²) in [6, 6.07) is 13.3. The molecule has 0 aliphatic carbocycles. The number of esters is 1. The normalized spacial score (nSPS) is 10.7. The van der Waals surface area contributed by atoms with Gasteiger partial charge in [0.05, 0.1) is 25.4 Å². The maximum Gasteiger partial charge on any atom is 0.323 e. The van der Waals surface area contributed by atoms with Crippen molar-refractivity contribution in [2.45, 2.75) is 20.8 Å². The van der Waals surface area contributed by atoms with E-state index < -0.39 is 17.6 Å². The summed E-state index contributed by atoms with van der Waals surface area (Å²) in [5.41, 5.74) is 3.82. The second-order valence-electron chi connectivity index (χ2n) is 8.93. The number of hydrogen-bond acceptors (Lipinski definition) is 6. The van der Waals surface area contributed by atoms with Gasteiger partial charge in [-0.1, -0.05) is 29.8 Å². The Balaban J connectivity index is 1.83. The summed E-state index contributed by atoms with van der Waals surface area (Å²) in [6.07, 6.45) is 0. The average Bonchev–Trinajstić information content (AvgIpc) is 2.89. The molecule has 0 aliphatic rings. The number of anilines is 2. The number of aromatic nitrogens is 1. The van der Waals surface area contributed by atoms with Gasteiger partial charge in [0.2, 0.25) is 5.75 Å². The monoisotopic (exact) mass is 549 g/mol. The Morgan fingerprint density at radius 2 is 1.54 bits per heavy atom. The number of nitrogens with one attached hydrogen (secondary N) is 2. The molecule has 9 nitrogen and oxygen atoms in total. The number of methoxy groups -OCH3 is 2. The van der Waals surface area contributed by atoms with E-state index in [1.807, 2.05) is 32.0 Å². The molecule has 10 heteroatoms. The molecule has 1 aromatic heterocycles. The van der Waals surface area contributed by atoms with Crippen LogP contribution in [0.4, 0.5) is 16.2 Å². The number of amides is 2. The Labute approximate surface area is 230 Å². The van der Waals surface area contributed by atoms with Crippen LogP contribution in [0.25, 0.3) is 22.0 Å². The number of rotatable bonds is 6. The van der Waals surface area contributed by atoms with Gasteiger partial charge in [-0.3, -0.25) is 9.59 Å². The Morgan fingerprint density at radius 3 is 2.13 bits per heavy atom. The molecule has 1 heterocycles. The smallest absolute Gasteiger partial charge is 0.323 e. The first-order valence-electron chi connectivity index (χ1n) is 12.0. The van der Waals surface area contributed by atoms with Crippen LogP contribution >= 0.6 is 11.6 Å². The predicted molar refractivity (Wildman–Crippen MR) is 153 cm³/mol. The molecule has 0 spiro atoms. The van der Waals surface area contributed by atoms with E-state index in [1.54, 1.807) is 25.2 Å². The molecule has 0 saturated carbocycles. The number of benzene rings is 3. The van der Waals surface area contributed by atoms with Crippen LogP contribution in [0.1, 0.15) is 18.1 Å². The van der Waals surface area contributed by atoms with Gasteiger partial charge in [-0.15, -0.1) is 0 Å². The third-order valence-electron chi connectivity index (χ3n) is 6.36. The van der Waals surface area contributed by atoms with Crippen molar-refractivity contribution < 1.29 is 23.8 Å². The molecule has 39 heavy (non-hydrogen) atoms. The van der Waals surface area contributed by atoms with Crippen molar-refractivity contribution >= 4 is 45.9 Å². The lowest BCUT2D eigenvalue weighted by Crippen LogP contribution is -2.28. The van der Waals surface area contributed by atoms with Crippen molar-refractivity contribution in [3.05, 3.63) is 75.0 Å². The third-order valence-corrected chi connectivity index (χ3v) is 6.69. The summed E-state index contributed by atoms with van der Waals surface area (Å²) in [5.74, 6) is -0.142. The Bertz CT molecular complexity index is 1650. The molecule has 0 bridgehead atoms. The van der Waals surface area contributed by atoms with Gasteiger partial charge in [-0.05, 0) is 43.2 Å². The van der Waals surface area contributed by atoms with E-state index in [-0.39, 0.29) is 28.6 Å². The minimum absolute atomic E-state index is 0.0642. The van der Waals surface area contributed by atoms with Gasteiger partial charge in [0, 0.05) is 47.6 Å². The van der Waals surface area contributed by atoms with Crippen molar-refractivity contribution in [3.8, 4) is 28.4 Å². The lowest BCUT2D eigenvalue weighted by atomic mass is 9.96. The molecule has 202 valence electrons. The standard InChI is InChI=1S/C29H28ClN3O6/c1-15-11-20-22(12-16(15)2)33(4)28(35)26(25(20)19-9-7-8-10-21(19)30)32-29(36)31-18-13-23(37-5)27(39-17(3)34)24(14-18)38-6/h7-14H,1-6H3,(H2,31,32,36). The zero-order valence-corrected chi connectivity index (χ0v) is 23.1. The highest BCUT2D eigenvalue weighted by Gasteiger charge is 2.22. The number of ether oxygens (including phenoxy) is 3. The second-order valence-corrected chi connectivity index (χ2v) is 9.34. The van der Waals surface area contributed by atoms with Crippen LogP contribution in [0.2, 0.25) is 5.02 Å². The first kappa shape index (κ1) is 27.5. The summed E-state index contributed by atoms with van der Waals surface area (Å²) in [4.78, 5) is 38.4. The number of aryl methyl sites for hydroxylation is 3. The number of hydrogen-bond donors (Lipinski definition) is 2. The summed E-state index contributed by atoms with van der Waals surface area (Å²) in [5, 5.41) is 6.63. The number of fused-ring (bicyclic) bond motifs is 1. The first-order chi connectivity index (χ1) is 18.5. The van der Waals surface area contributed by atoms with Crippen LogP contribution in [-0.4, -0.2) is 30.8 Å². The molecule has 0 atom stereocenters. The molecular weight excluding hydrogens is 522 g/mol. The van der Waals surface area contributed by atoms with E-state index in [0.717, 1.165) is 16.5 Å². The van der Waals surface area contributed by atoms with Crippen molar-refractivity contribution in [1.82, 2.24) is 4.57 Å². The van der Waals surface area contributed by atoms with Gasteiger partial charge < -0.3 is 29.4 Å². The van der Waals surface area contributed by atoms with Gasteiger partial charge in [0.15, 0.2) is 11.5 Å². The van der Waals surface area contributed by atoms with Crippen LogP contribution in [0.5, 0.6) is 17.2 Å². The number of nitrogens with zero attached hydrogens (tertiary/aromatic N) is 1. The van der Waals surface area contributed by atoms with Gasteiger partial charge >= 0.3 is 12.0 Å². The highest BCUT2D eigenvalue weighted by atomic mass is 35.5. The number of pyridine rings is 1. The molecule has 2 amide bonds. The van der Waals surface area contributed by atoms with Crippen LogP contribution < -0.4 is 30.4 Å². The number of carbonyl (C=O) groups is 2. The van der Waals surface area contributed by atoms with Crippen LogP contribution in [0, 0.1) is 13.8 Å². The first-order valence-corrected chi connectivity index (χ1v) is 12.3. The molecule has 0 aliphatic heterocycles. The van der Waals surface area contributed by atoms with Crippen molar-refractivity contribution in [1.29, 1.82) is 0 Å². The lowest BCUT2D eigenvalue weighted by Gasteiger charge is -2.19. The van der Waals surface area contributed by atoms with Crippen molar-refractivity contribution in [2.75, 3.05) is 24.9 Å². The minimum Gasteiger partial charge on any atom is -0.493 e. The molecule has 4 aromatic rings. The maximum atomic E-state index is 13.6. The van der Waals surface area contributed by atoms with Gasteiger partial charge in [0.1, 0.15) is 5.69 Å². The molecule has 0 saturated heterocycles. The lowest BCUT2D eigenvalue weighted by molar-refractivity contribution is -0.132. The van der Waals surface area contributed by atoms with Gasteiger partial charge in [-0.25, -0.2) is 4.79 Å². The number of urea groups is 1. The van der Waals surface area contributed by atoms with Crippen molar-refractivity contribution in [2.24, 2.45) is 7.05 Å². The van der Waals surface area contributed by atoms with E-state index in [4.69, 9.17) is 25.8 Å². The van der Waals surface area contributed by atoms with E-state index >= 15 is 0 Å². The third kappa shape index (κ3) is 5.39. The zero-order valence-electron chi connectivity index (χ0n) is 22.4. The highest BCUT2D eigenvalue weighted by Crippen LogP contribution is 2.41. The van der Waals surface area contributed by atoms with E-state index in [0.29, 0.717) is 21.7 Å². The second kappa shape index (κ2) is 11.1. The quantitative estimate of drug-likeness (QED) is 0.223. The molecule has 0 fully saturated rings. The molecule has 3 aromatic carbocycles. The Morgan fingerprint density at radius 1 is 0.923 bits per heavy atom. The predicted octanol–water partition coefficient (Wildman–Crippen LogP) is 6.06. The summed E-state index contributed by atoms with van der Waals surface area (Å²) < 4.78 is 17.4. The minimum atomic E-state index is -0.687. The Hall–Kier alpha value is -4.50. The fraction of sp³-hybridized carbons (Fsp3) is 0.207. The molecule has 4 rings (SSSR count). The zero-order chi connectivity index (χ0) is 28.4. The fourth-order valence-corrected chi connectivity index (χ4v) is 4.56. The Kier molecular flexibility index (Phi) is 7.83. The fourth-order valence-electron chi connectivity index (χ4n) is 4.33. The van der Waals surface area contributed by atoms with E-state index in [1.165, 1.54) is 37.8 Å². The number of halogens is 1. The highest BCUT2D eigenvalue weighted by molar-refractivity contribution is 6.34. The maximum absolute atomic E-state index is 13.6. The van der Waals surface area contributed by atoms with Crippen LogP contribution in [0.3, 0.4) is 0 Å². The average molecular weight is 550 g/mol. The molecular formula is C29H28ClN3O6. The van der Waals surface area contributed by atoms with Crippen LogP contribution in [0.15, 0.2) is 53.3 Å². The molecule has 0 unspecified atom stereocenters. The summed E-state index contributed by atoms with van der Waals surface area (Å²) in [6.45, 7) is 5.21. The summed E-state index contributed by atoms with van der Waals surface area (Å²) >= 11 is 6.58. The number of carbonyl (C=O) groups excluding carboxylic acids is 2. The largest absolute Gasteiger partial charge is 0.493 e. The molecule has 2 N–H and O–H groups in total. The van der Waals surface area contributed by atoms with Crippen molar-refractivity contribution in [3.63, 3.8) is 0 Å². The van der Waals surface area contributed by atoms with Gasteiger partial charge in [-0.2, -0.15) is 0 Å². The van der Waals surface area contributed by atoms with E-state index in [2.05, 4.69) is 10.6 Å². The summed E-state index contributed by atoms with van der Waals surface area (Å²) in [7, 11) is 4.44. The van der Waals surface area contributed by atoms with Gasteiger partial charge in [0.25, 0.3) is 5.56 Å². The SMILES string of the molecule is COc1cc(NC(=O)Nc2c(-c3ccccc3Cl)c3cc(C)c(C)cc3n(C)c2=O)cc(OC)c1OC(C)=O.